The molecular weight excluding hydrogens is 489 g/mol. The number of para-hydroxylation sites is 1. The Bertz CT molecular complexity index is 1240. The predicted octanol–water partition coefficient (Wildman–Crippen LogP) is 5.69. The lowest BCUT2D eigenvalue weighted by atomic mass is 10.1. The number of aliphatic imine (C=N–C) groups is 1. The van der Waals surface area contributed by atoms with E-state index in [0.29, 0.717) is 28.8 Å². The van der Waals surface area contributed by atoms with Crippen LogP contribution in [0, 0.1) is 5.82 Å². The molecule has 1 aliphatic heterocycles. The van der Waals surface area contributed by atoms with Crippen LogP contribution in [0.3, 0.4) is 0 Å². The van der Waals surface area contributed by atoms with Crippen LogP contribution in [0.25, 0.3) is 0 Å². The highest BCUT2D eigenvalue weighted by atomic mass is 35.5. The van der Waals surface area contributed by atoms with Crippen molar-refractivity contribution in [1.29, 1.82) is 0 Å². The number of carbonyl (C=O) groups excluding carboxylic acids is 2. The second-order valence-corrected chi connectivity index (χ2v) is 9.40. The smallest absolute Gasteiger partial charge is 0.238 e. The summed E-state index contributed by atoms with van der Waals surface area (Å²) < 4.78 is 19.2. The first-order chi connectivity index (χ1) is 16.9. The molecule has 1 N–H and O–H groups in total. The molecule has 2 amide bonds. The zero-order valence-electron chi connectivity index (χ0n) is 18.9. The van der Waals surface area contributed by atoms with Gasteiger partial charge in [-0.1, -0.05) is 47.6 Å². The fourth-order valence-corrected chi connectivity index (χ4v) is 4.75. The number of nitrogens with zero attached hydrogens (tertiary/aromatic N) is 2. The number of nitrogens with one attached hydrogen (secondary N) is 1. The highest BCUT2D eigenvalue weighted by Crippen LogP contribution is 2.31. The summed E-state index contributed by atoms with van der Waals surface area (Å²) >= 11 is 7.17. The summed E-state index contributed by atoms with van der Waals surface area (Å²) in [6.45, 7) is 0.395. The fourth-order valence-electron chi connectivity index (χ4n) is 3.50. The summed E-state index contributed by atoms with van der Waals surface area (Å²) in [7, 11) is 1.61. The molecular formula is C26H23ClFN3O3S. The van der Waals surface area contributed by atoms with E-state index in [0.717, 1.165) is 11.3 Å². The molecule has 0 aromatic heterocycles. The average Bonchev–Trinajstić information content (AvgIpc) is 2.86. The number of hydrogen-bond donors (Lipinski definition) is 1. The Morgan fingerprint density at radius 1 is 1.14 bits per heavy atom. The van der Waals surface area contributed by atoms with Gasteiger partial charge in [0.15, 0.2) is 5.17 Å². The molecule has 3 aromatic rings. The van der Waals surface area contributed by atoms with Gasteiger partial charge in [0.2, 0.25) is 11.8 Å². The first kappa shape index (κ1) is 24.8. The minimum Gasteiger partial charge on any atom is -0.497 e. The molecule has 1 fully saturated rings. The van der Waals surface area contributed by atoms with Crippen LogP contribution >= 0.6 is 23.4 Å². The van der Waals surface area contributed by atoms with E-state index >= 15 is 0 Å². The summed E-state index contributed by atoms with van der Waals surface area (Å²) in [6.07, 6.45) is 0.579. The molecule has 6 nitrogen and oxygen atoms in total. The highest BCUT2D eigenvalue weighted by Gasteiger charge is 2.36. The lowest BCUT2D eigenvalue weighted by Crippen LogP contribution is -2.46. The van der Waals surface area contributed by atoms with Crippen molar-refractivity contribution in [2.45, 2.75) is 18.1 Å². The van der Waals surface area contributed by atoms with Gasteiger partial charge in [0.1, 0.15) is 16.8 Å². The van der Waals surface area contributed by atoms with Gasteiger partial charge in [-0.25, -0.2) is 9.38 Å². The molecule has 180 valence electrons. The second kappa shape index (κ2) is 11.4. The van der Waals surface area contributed by atoms with Crippen molar-refractivity contribution in [3.63, 3.8) is 0 Å². The Labute approximate surface area is 212 Å². The number of amides is 2. The maximum Gasteiger partial charge on any atom is 0.238 e. The summed E-state index contributed by atoms with van der Waals surface area (Å²) in [6, 6.07) is 20.4. The van der Waals surface area contributed by atoms with Crippen LogP contribution in [0.15, 0.2) is 77.8 Å². The standard InChI is InChI=1S/C26H23ClFN3O3S/c1-34-20-12-6-17(7-13-20)14-15-31-24(32)16-23(25(33)30-22-5-3-2-4-21(22)28)35-26(31)29-19-10-8-18(27)9-11-19/h2-13,23H,14-16H2,1H3,(H,30,33). The summed E-state index contributed by atoms with van der Waals surface area (Å²) in [4.78, 5) is 32.3. The highest BCUT2D eigenvalue weighted by molar-refractivity contribution is 8.15. The van der Waals surface area contributed by atoms with Crippen LogP contribution in [0.5, 0.6) is 5.75 Å². The number of anilines is 1. The number of rotatable bonds is 7. The van der Waals surface area contributed by atoms with Gasteiger partial charge in [-0.2, -0.15) is 0 Å². The topological polar surface area (TPSA) is 71.0 Å². The Balaban J connectivity index is 1.54. The minimum atomic E-state index is -0.745. The van der Waals surface area contributed by atoms with Crippen molar-refractivity contribution in [1.82, 2.24) is 4.90 Å². The molecule has 9 heteroatoms. The van der Waals surface area contributed by atoms with E-state index in [1.54, 1.807) is 48.4 Å². The maximum absolute atomic E-state index is 14.0. The van der Waals surface area contributed by atoms with E-state index in [9.17, 15) is 14.0 Å². The second-order valence-electron chi connectivity index (χ2n) is 7.79. The lowest BCUT2D eigenvalue weighted by molar-refractivity contribution is -0.129. The summed E-state index contributed by atoms with van der Waals surface area (Å²) in [5.41, 5.74) is 1.71. The van der Waals surface area contributed by atoms with Crippen molar-refractivity contribution < 1.29 is 18.7 Å². The SMILES string of the molecule is COc1ccc(CCN2C(=O)CC(C(=O)Nc3ccccc3F)SC2=Nc2ccc(Cl)cc2)cc1. The predicted molar refractivity (Wildman–Crippen MR) is 138 cm³/mol. The Kier molecular flexibility index (Phi) is 8.05. The van der Waals surface area contributed by atoms with E-state index in [1.165, 1.54) is 23.9 Å². The van der Waals surface area contributed by atoms with E-state index in [4.69, 9.17) is 16.3 Å². The number of ether oxygens (including phenoxy) is 1. The molecule has 1 atom stereocenters. The van der Waals surface area contributed by atoms with Crippen LogP contribution in [0.1, 0.15) is 12.0 Å². The monoisotopic (exact) mass is 511 g/mol. The van der Waals surface area contributed by atoms with Crippen LogP contribution in [-0.2, 0) is 16.0 Å². The van der Waals surface area contributed by atoms with Crippen molar-refractivity contribution >= 4 is 51.7 Å². The molecule has 35 heavy (non-hydrogen) atoms. The number of hydrogen-bond acceptors (Lipinski definition) is 5. The van der Waals surface area contributed by atoms with Crippen LogP contribution in [0.4, 0.5) is 15.8 Å². The zero-order chi connectivity index (χ0) is 24.8. The van der Waals surface area contributed by atoms with Gasteiger partial charge in [0.25, 0.3) is 0 Å². The van der Waals surface area contributed by atoms with Gasteiger partial charge in [-0.05, 0) is 60.5 Å². The van der Waals surface area contributed by atoms with Crippen molar-refractivity contribution in [3.05, 3.63) is 89.2 Å². The largest absolute Gasteiger partial charge is 0.497 e. The lowest BCUT2D eigenvalue weighted by Gasteiger charge is -2.32. The van der Waals surface area contributed by atoms with Crippen LogP contribution < -0.4 is 10.1 Å². The first-order valence-electron chi connectivity index (χ1n) is 10.9. The number of amidine groups is 1. The Hall–Kier alpha value is -3.36. The molecule has 4 rings (SSSR count). The van der Waals surface area contributed by atoms with Gasteiger partial charge < -0.3 is 10.1 Å². The van der Waals surface area contributed by atoms with Gasteiger partial charge >= 0.3 is 0 Å². The molecule has 1 heterocycles. The quantitative estimate of drug-likeness (QED) is 0.442. The van der Waals surface area contributed by atoms with Gasteiger partial charge in [0.05, 0.1) is 18.5 Å². The number of carbonyl (C=O) groups is 2. The molecule has 0 spiro atoms. The number of thioether (sulfide) groups is 1. The maximum atomic E-state index is 14.0. The van der Waals surface area contributed by atoms with Crippen molar-refractivity contribution in [2.75, 3.05) is 19.0 Å². The van der Waals surface area contributed by atoms with E-state index in [-0.39, 0.29) is 18.0 Å². The third-order valence-corrected chi connectivity index (χ3v) is 6.84. The third kappa shape index (κ3) is 6.41. The normalized spacial score (nSPS) is 16.9. The van der Waals surface area contributed by atoms with Gasteiger partial charge in [0, 0.05) is 18.0 Å². The van der Waals surface area contributed by atoms with Gasteiger partial charge in [-0.3, -0.25) is 14.5 Å². The first-order valence-corrected chi connectivity index (χ1v) is 12.2. The fraction of sp³-hybridized carbons (Fsp3) is 0.192. The summed E-state index contributed by atoms with van der Waals surface area (Å²) in [5, 5.41) is 2.82. The summed E-state index contributed by atoms with van der Waals surface area (Å²) in [5.74, 6) is -0.457. The van der Waals surface area contributed by atoms with E-state index in [1.807, 2.05) is 24.3 Å². The van der Waals surface area contributed by atoms with Gasteiger partial charge in [-0.15, -0.1) is 0 Å². The number of benzene rings is 3. The van der Waals surface area contributed by atoms with Crippen LogP contribution in [0.2, 0.25) is 5.02 Å². The van der Waals surface area contributed by atoms with E-state index in [2.05, 4.69) is 10.3 Å². The molecule has 0 bridgehead atoms. The number of methoxy groups -OCH3 is 1. The molecule has 0 radical (unpaired) electrons. The Morgan fingerprint density at radius 2 is 1.86 bits per heavy atom. The van der Waals surface area contributed by atoms with Crippen molar-refractivity contribution in [2.24, 2.45) is 4.99 Å². The molecule has 3 aromatic carbocycles. The molecule has 1 saturated heterocycles. The molecule has 0 saturated carbocycles. The third-order valence-electron chi connectivity index (χ3n) is 5.40. The molecule has 1 aliphatic rings. The van der Waals surface area contributed by atoms with Crippen molar-refractivity contribution in [3.8, 4) is 5.75 Å². The average molecular weight is 512 g/mol. The number of halogens is 2. The molecule has 0 aliphatic carbocycles. The minimum absolute atomic E-state index is 0.0206. The Morgan fingerprint density at radius 3 is 2.54 bits per heavy atom. The van der Waals surface area contributed by atoms with E-state index < -0.39 is 17.0 Å². The van der Waals surface area contributed by atoms with Crippen LogP contribution in [-0.4, -0.2) is 40.8 Å². The zero-order valence-corrected chi connectivity index (χ0v) is 20.5. The molecule has 1 unspecified atom stereocenters.